The van der Waals surface area contributed by atoms with E-state index < -0.39 is 0 Å². The van der Waals surface area contributed by atoms with Crippen molar-refractivity contribution in [2.24, 2.45) is 0 Å². The van der Waals surface area contributed by atoms with E-state index in [2.05, 4.69) is 60.0 Å². The summed E-state index contributed by atoms with van der Waals surface area (Å²) in [5.74, 6) is 0. The highest BCUT2D eigenvalue weighted by Crippen LogP contribution is 2.44. The number of aromatic nitrogens is 1. The summed E-state index contributed by atoms with van der Waals surface area (Å²) in [6.45, 7) is 6.70. The van der Waals surface area contributed by atoms with Gasteiger partial charge in [0.05, 0.1) is 5.52 Å². The molecule has 1 aliphatic carbocycles. The number of nitrogens with zero attached hydrogens (tertiary/aromatic N) is 2. The van der Waals surface area contributed by atoms with E-state index in [1.54, 1.807) is 22.5 Å². The Labute approximate surface area is 159 Å². The SMILES string of the molecule is Cc1ccc2c(c1)c1c(n2C2=C(c3sccc3C)CCC2)CCN(C)C1. The third-order valence-electron chi connectivity index (χ3n) is 6.09. The van der Waals surface area contributed by atoms with Gasteiger partial charge in [0.2, 0.25) is 0 Å². The predicted molar refractivity (Wildman–Crippen MR) is 113 cm³/mol. The molecular weight excluding hydrogens is 336 g/mol. The van der Waals surface area contributed by atoms with Gasteiger partial charge in [-0.1, -0.05) is 11.6 Å². The van der Waals surface area contributed by atoms with Crippen molar-refractivity contribution in [1.29, 1.82) is 0 Å². The van der Waals surface area contributed by atoms with Crippen molar-refractivity contribution in [2.75, 3.05) is 13.6 Å². The van der Waals surface area contributed by atoms with Crippen LogP contribution in [-0.4, -0.2) is 23.1 Å². The summed E-state index contributed by atoms with van der Waals surface area (Å²) in [7, 11) is 2.25. The Hall–Kier alpha value is -1.84. The second-order valence-electron chi connectivity index (χ2n) is 7.98. The number of hydrogen-bond donors (Lipinski definition) is 0. The van der Waals surface area contributed by atoms with Crippen molar-refractivity contribution in [1.82, 2.24) is 9.47 Å². The normalized spacial score (nSPS) is 18.1. The zero-order valence-corrected chi connectivity index (χ0v) is 16.7. The van der Waals surface area contributed by atoms with Crippen LogP contribution in [-0.2, 0) is 13.0 Å². The van der Waals surface area contributed by atoms with E-state index in [9.17, 15) is 0 Å². The Kier molecular flexibility index (Phi) is 3.84. The van der Waals surface area contributed by atoms with Gasteiger partial charge in [0.25, 0.3) is 0 Å². The van der Waals surface area contributed by atoms with Crippen LogP contribution in [0.4, 0.5) is 0 Å². The minimum atomic E-state index is 1.07. The molecule has 0 saturated heterocycles. The largest absolute Gasteiger partial charge is 0.317 e. The first-order valence-corrected chi connectivity index (χ1v) is 10.6. The van der Waals surface area contributed by atoms with Gasteiger partial charge >= 0.3 is 0 Å². The molecule has 2 aliphatic rings. The summed E-state index contributed by atoms with van der Waals surface area (Å²) in [4.78, 5) is 3.97. The molecule has 2 nitrogen and oxygen atoms in total. The van der Waals surface area contributed by atoms with Crippen molar-refractivity contribution in [3.05, 3.63) is 56.9 Å². The van der Waals surface area contributed by atoms with Gasteiger partial charge in [-0.3, -0.25) is 0 Å². The lowest BCUT2D eigenvalue weighted by Crippen LogP contribution is -2.27. The van der Waals surface area contributed by atoms with E-state index in [0.717, 1.165) is 19.5 Å². The summed E-state index contributed by atoms with van der Waals surface area (Å²) in [6.07, 6.45) is 4.85. The van der Waals surface area contributed by atoms with Crippen LogP contribution in [0.2, 0.25) is 0 Å². The first kappa shape index (κ1) is 16.3. The van der Waals surface area contributed by atoms with Crippen LogP contribution in [0.25, 0.3) is 22.2 Å². The fourth-order valence-electron chi connectivity index (χ4n) is 4.82. The Morgan fingerprint density at radius 1 is 1.04 bits per heavy atom. The van der Waals surface area contributed by atoms with Crippen LogP contribution >= 0.6 is 11.3 Å². The molecule has 0 atom stereocenters. The molecular formula is C23H26N2S. The van der Waals surface area contributed by atoms with Crippen LogP contribution in [0.15, 0.2) is 29.6 Å². The quantitative estimate of drug-likeness (QED) is 0.554. The molecule has 3 heteroatoms. The van der Waals surface area contributed by atoms with Crippen molar-refractivity contribution >= 4 is 33.5 Å². The third kappa shape index (κ3) is 2.41. The summed E-state index contributed by atoms with van der Waals surface area (Å²) >= 11 is 1.91. The summed E-state index contributed by atoms with van der Waals surface area (Å²) in [6, 6.07) is 9.30. The topological polar surface area (TPSA) is 8.17 Å². The van der Waals surface area contributed by atoms with Crippen molar-refractivity contribution in [3.8, 4) is 0 Å². The molecule has 0 fully saturated rings. The van der Waals surface area contributed by atoms with Gasteiger partial charge in [-0.15, -0.1) is 11.3 Å². The number of fused-ring (bicyclic) bond motifs is 3. The summed E-state index contributed by atoms with van der Waals surface area (Å²) in [5, 5.41) is 3.71. The zero-order valence-electron chi connectivity index (χ0n) is 15.9. The molecule has 26 heavy (non-hydrogen) atoms. The summed E-state index contributed by atoms with van der Waals surface area (Å²) < 4.78 is 2.65. The van der Waals surface area contributed by atoms with Gasteiger partial charge in [-0.25, -0.2) is 0 Å². The van der Waals surface area contributed by atoms with Gasteiger partial charge in [-0.2, -0.15) is 0 Å². The molecule has 3 heterocycles. The third-order valence-corrected chi connectivity index (χ3v) is 7.17. The molecule has 134 valence electrons. The van der Waals surface area contributed by atoms with E-state index in [1.807, 2.05) is 11.3 Å². The van der Waals surface area contributed by atoms with Gasteiger partial charge in [0, 0.05) is 41.2 Å². The second kappa shape index (κ2) is 6.11. The molecule has 0 radical (unpaired) electrons. The van der Waals surface area contributed by atoms with Crippen molar-refractivity contribution in [2.45, 2.75) is 46.1 Å². The van der Waals surface area contributed by atoms with E-state index in [4.69, 9.17) is 0 Å². The fraction of sp³-hybridized carbons (Fsp3) is 0.391. The molecule has 3 aromatic rings. The molecule has 0 unspecified atom stereocenters. The van der Waals surface area contributed by atoms with Gasteiger partial charge in [-0.05, 0) is 80.4 Å². The van der Waals surface area contributed by atoms with Crippen LogP contribution in [0, 0.1) is 13.8 Å². The highest BCUT2D eigenvalue weighted by Gasteiger charge is 2.27. The minimum Gasteiger partial charge on any atom is -0.317 e. The highest BCUT2D eigenvalue weighted by atomic mass is 32.1. The van der Waals surface area contributed by atoms with Crippen LogP contribution in [0.1, 0.15) is 46.5 Å². The maximum absolute atomic E-state index is 2.65. The minimum absolute atomic E-state index is 1.07. The molecule has 0 N–H and O–H groups in total. The lowest BCUT2D eigenvalue weighted by molar-refractivity contribution is 0.311. The molecule has 0 spiro atoms. The van der Waals surface area contributed by atoms with E-state index in [1.165, 1.54) is 46.2 Å². The molecule has 0 amide bonds. The maximum Gasteiger partial charge on any atom is 0.0531 e. The number of hydrogen-bond acceptors (Lipinski definition) is 2. The summed E-state index contributed by atoms with van der Waals surface area (Å²) in [5.41, 5.74) is 10.5. The lowest BCUT2D eigenvalue weighted by Gasteiger charge is -2.25. The van der Waals surface area contributed by atoms with E-state index in [0.29, 0.717) is 0 Å². The van der Waals surface area contributed by atoms with Crippen molar-refractivity contribution in [3.63, 3.8) is 0 Å². The molecule has 2 aromatic heterocycles. The molecule has 1 aliphatic heterocycles. The predicted octanol–water partition coefficient (Wildman–Crippen LogP) is 5.86. The van der Waals surface area contributed by atoms with Gasteiger partial charge in [0.1, 0.15) is 0 Å². The first-order valence-electron chi connectivity index (χ1n) is 9.71. The Morgan fingerprint density at radius 2 is 1.92 bits per heavy atom. The molecule has 0 saturated carbocycles. The Balaban J connectivity index is 1.81. The van der Waals surface area contributed by atoms with Crippen molar-refractivity contribution < 1.29 is 0 Å². The second-order valence-corrected chi connectivity index (χ2v) is 8.90. The average Bonchev–Trinajstić information content (AvgIpc) is 3.31. The van der Waals surface area contributed by atoms with Crippen LogP contribution in [0.3, 0.4) is 0 Å². The van der Waals surface area contributed by atoms with Gasteiger partial charge in [0.15, 0.2) is 0 Å². The van der Waals surface area contributed by atoms with E-state index >= 15 is 0 Å². The van der Waals surface area contributed by atoms with Gasteiger partial charge < -0.3 is 9.47 Å². The number of aryl methyl sites for hydroxylation is 2. The zero-order chi connectivity index (χ0) is 17.8. The highest BCUT2D eigenvalue weighted by molar-refractivity contribution is 7.11. The first-order chi connectivity index (χ1) is 12.6. The smallest absolute Gasteiger partial charge is 0.0531 e. The van der Waals surface area contributed by atoms with Crippen LogP contribution < -0.4 is 0 Å². The molecule has 5 rings (SSSR count). The number of allylic oxidation sites excluding steroid dienone is 2. The average molecular weight is 363 g/mol. The number of rotatable bonds is 2. The Bertz CT molecular complexity index is 1030. The monoisotopic (exact) mass is 362 g/mol. The number of thiophene rings is 1. The van der Waals surface area contributed by atoms with Crippen LogP contribution in [0.5, 0.6) is 0 Å². The number of likely N-dealkylation sites (N-methyl/N-ethyl adjacent to an activating group) is 1. The Morgan fingerprint density at radius 3 is 2.73 bits per heavy atom. The fourth-order valence-corrected chi connectivity index (χ4v) is 5.84. The molecule has 0 bridgehead atoms. The standard InChI is InChI=1S/C23H26N2S/c1-15-7-8-21-18(13-15)19-14-24(3)11-9-22(19)25(21)20-6-4-5-17(20)23-16(2)10-12-26-23/h7-8,10,12-13H,4-6,9,11,14H2,1-3H3. The number of benzene rings is 1. The van der Waals surface area contributed by atoms with E-state index in [-0.39, 0.29) is 0 Å². The maximum atomic E-state index is 2.65. The molecule has 1 aromatic carbocycles. The lowest BCUT2D eigenvalue weighted by atomic mass is 10.0.